The Morgan fingerprint density at radius 2 is 1.16 bits per heavy atom. The van der Waals surface area contributed by atoms with Crippen molar-refractivity contribution in [3.05, 3.63) is 150 Å². The Kier molecular flexibility index (Phi) is 29.7. The normalized spacial score (nSPS) is 8.91. The topological polar surface area (TPSA) is 162 Å². The summed E-state index contributed by atoms with van der Waals surface area (Å²) in [5, 5.41) is 11.1. The molecule has 386 valence electrons. The van der Waals surface area contributed by atoms with Gasteiger partial charge in [-0.2, -0.15) is 0 Å². The summed E-state index contributed by atoms with van der Waals surface area (Å²) in [4.78, 5) is 39.9. The first kappa shape index (κ1) is 62.9. The van der Waals surface area contributed by atoms with E-state index in [-0.39, 0.29) is 28.6 Å². The van der Waals surface area contributed by atoms with E-state index in [0.717, 1.165) is 12.8 Å². The quantitative estimate of drug-likeness (QED) is 0.111. The highest BCUT2D eigenvalue weighted by atomic mass is 35.5. The maximum Gasteiger partial charge on any atom is 0.225 e. The number of nitrogens with one attached hydrogen (secondary N) is 1. The molecule has 0 fully saturated rings. The predicted octanol–water partition coefficient (Wildman–Crippen LogP) is 11.8. The summed E-state index contributed by atoms with van der Waals surface area (Å²) in [7, 11) is 4.02. The van der Waals surface area contributed by atoms with Crippen molar-refractivity contribution in [2.24, 2.45) is 0 Å². The summed E-state index contributed by atoms with van der Waals surface area (Å²) in [5.74, 6) is 26.4. The minimum atomic E-state index is -0.537. The number of aromatic nitrogens is 8. The van der Waals surface area contributed by atoms with Crippen molar-refractivity contribution in [2.45, 2.75) is 53.9 Å². The third-order valence-corrected chi connectivity index (χ3v) is 9.66. The van der Waals surface area contributed by atoms with Gasteiger partial charge in [-0.25, -0.2) is 27.8 Å². The molecule has 0 unspecified atom stereocenters. The van der Waals surface area contributed by atoms with E-state index in [9.17, 15) is 18.4 Å². The lowest BCUT2D eigenvalue weighted by Gasteiger charge is -2.10. The second kappa shape index (κ2) is 35.8. The second-order valence-corrected chi connectivity index (χ2v) is 15.8. The minimum absolute atomic E-state index is 0. The van der Waals surface area contributed by atoms with Crippen LogP contribution in [0, 0.1) is 83.2 Å². The van der Waals surface area contributed by atoms with E-state index in [1.54, 1.807) is 89.8 Å². The summed E-state index contributed by atoms with van der Waals surface area (Å²) >= 11 is 16.3. The Balaban J connectivity index is 0.000000333. The second-order valence-electron chi connectivity index (χ2n) is 14.6. The highest BCUT2D eigenvalue weighted by molar-refractivity contribution is 6.63. The molecule has 0 atom stereocenters. The van der Waals surface area contributed by atoms with Crippen LogP contribution >= 0.6 is 34.8 Å². The molecule has 6 aromatic heterocycles. The number of benzene rings is 2. The average Bonchev–Trinajstić information content (AvgIpc) is 3.95. The van der Waals surface area contributed by atoms with E-state index in [0.29, 0.717) is 58.0 Å². The van der Waals surface area contributed by atoms with Crippen molar-refractivity contribution >= 4 is 74.6 Å². The van der Waals surface area contributed by atoms with Gasteiger partial charge in [-0.1, -0.05) is 68.6 Å². The van der Waals surface area contributed by atoms with Crippen LogP contribution < -0.4 is 16.0 Å². The number of pyridine rings is 2. The fraction of sp³-hybridized carbons (Fsp3) is 0.172. The first-order valence-corrected chi connectivity index (χ1v) is 23.5. The smallest absolute Gasteiger partial charge is 0.225 e. The largest absolute Gasteiger partial charge is 0.382 e. The molecular formula is C58H52Cl3F2N11O2. The number of amides is 1. The zero-order chi connectivity index (χ0) is 54.8. The number of nitrogens with zero attached hydrogens (tertiary/aromatic N) is 9. The van der Waals surface area contributed by atoms with Crippen LogP contribution in [0.4, 0.5) is 26.1 Å². The van der Waals surface area contributed by atoms with Gasteiger partial charge in [0.2, 0.25) is 11.1 Å². The molecule has 2 aromatic carbocycles. The highest BCUT2D eigenvalue weighted by Gasteiger charge is 2.19. The van der Waals surface area contributed by atoms with Gasteiger partial charge in [0.25, 0.3) is 0 Å². The Hall–Kier alpha value is -9.19. The zero-order valence-electron chi connectivity index (χ0n) is 41.3. The molecule has 8 rings (SSSR count). The number of nitrogens with two attached hydrogens (primary N) is 1. The number of rotatable bonds is 8. The number of anilines is 3. The van der Waals surface area contributed by atoms with Crippen LogP contribution in [0.2, 0.25) is 10.0 Å². The average molecular weight is 1080 g/mol. The lowest BCUT2D eigenvalue weighted by molar-refractivity contribution is -0.116. The molecule has 6 heterocycles. The molecule has 0 radical (unpaired) electrons. The third kappa shape index (κ3) is 22.3. The van der Waals surface area contributed by atoms with Gasteiger partial charge in [0.1, 0.15) is 11.6 Å². The fourth-order valence-corrected chi connectivity index (χ4v) is 6.04. The summed E-state index contributed by atoms with van der Waals surface area (Å²) < 4.78 is 30.4. The van der Waals surface area contributed by atoms with Crippen LogP contribution in [-0.4, -0.2) is 64.4 Å². The lowest BCUT2D eigenvalue weighted by atomic mass is 10.1. The van der Waals surface area contributed by atoms with Crippen LogP contribution in [-0.2, 0) is 9.59 Å². The zero-order valence-corrected chi connectivity index (χ0v) is 43.6. The van der Waals surface area contributed by atoms with Gasteiger partial charge in [0, 0.05) is 82.2 Å². The molecule has 3 N–H and O–H groups in total. The maximum atomic E-state index is 13.8. The van der Waals surface area contributed by atoms with Gasteiger partial charge in [-0.05, 0) is 162 Å². The Bertz CT molecular complexity index is 3480. The van der Waals surface area contributed by atoms with Crippen LogP contribution in [0.5, 0.6) is 0 Å². The number of hydrogen-bond acceptors (Lipinski definition) is 10. The molecule has 0 bridgehead atoms. The highest BCUT2D eigenvalue weighted by Crippen LogP contribution is 2.33. The van der Waals surface area contributed by atoms with E-state index >= 15 is 0 Å². The van der Waals surface area contributed by atoms with Gasteiger partial charge in [0.05, 0.1) is 21.2 Å². The first-order chi connectivity index (χ1) is 36.3. The van der Waals surface area contributed by atoms with Crippen LogP contribution in [0.3, 0.4) is 0 Å². The summed E-state index contributed by atoms with van der Waals surface area (Å²) in [5.41, 5.74) is 10.5. The van der Waals surface area contributed by atoms with E-state index in [1.165, 1.54) is 30.0 Å². The molecule has 0 aliphatic carbocycles. The van der Waals surface area contributed by atoms with Gasteiger partial charge in [-0.15, -0.1) is 16.6 Å². The number of halogens is 5. The summed E-state index contributed by atoms with van der Waals surface area (Å²) in [6.07, 6.45) is 21.1. The van der Waals surface area contributed by atoms with Crippen LogP contribution in [0.15, 0.2) is 128 Å². The third-order valence-electron chi connectivity index (χ3n) is 8.86. The Labute approximate surface area is 457 Å². The van der Waals surface area contributed by atoms with Crippen molar-refractivity contribution in [1.82, 2.24) is 39.2 Å². The molecule has 0 spiro atoms. The molecule has 76 heavy (non-hydrogen) atoms. The van der Waals surface area contributed by atoms with Crippen molar-refractivity contribution in [1.29, 1.82) is 0 Å². The number of carbonyl (C=O) groups excluding carboxylic acids is 2. The molecule has 13 nitrogen and oxygen atoms in total. The van der Waals surface area contributed by atoms with E-state index in [1.807, 2.05) is 63.2 Å². The van der Waals surface area contributed by atoms with Crippen LogP contribution in [0.1, 0.15) is 53.9 Å². The molecule has 8 aromatic rings. The van der Waals surface area contributed by atoms with Crippen LogP contribution in [0.25, 0.3) is 33.5 Å². The molecule has 0 aliphatic rings. The van der Waals surface area contributed by atoms with E-state index in [2.05, 4.69) is 101 Å². The monoisotopic (exact) mass is 1080 g/mol. The lowest BCUT2D eigenvalue weighted by Crippen LogP contribution is -2.11. The number of carbonyl (C=O) groups is 2. The van der Waals surface area contributed by atoms with Crippen molar-refractivity contribution < 1.29 is 18.4 Å². The van der Waals surface area contributed by atoms with Gasteiger partial charge in [0.15, 0.2) is 22.9 Å². The Morgan fingerprint density at radius 1 is 0.671 bits per heavy atom. The first-order valence-electron chi connectivity index (χ1n) is 22.4. The Morgan fingerprint density at radius 3 is 1.58 bits per heavy atom. The molecule has 0 saturated carbocycles. The van der Waals surface area contributed by atoms with Gasteiger partial charge in [-0.3, -0.25) is 19.6 Å². The standard InChI is InChI=1S/C16H14ClFN4O.C13H4.C12H8ClFN4.C7H10N2.C5H5N.C4H7ClO.CH4/c1-2-4-13(23)20-15-14(10-5-6-11(17)12(18)9-10)16-19-7-3-8-22(16)21-15;1-3-5-7-9-11-13-12-10-8-6-4-2;13-8-3-2-7(6-9(8)14)10-11(15)17-18-5-1-4-16-12(10)18;1-9(2)7-3-5-8-6-4-7;1-2-4-6-5-3-1;1-2-3-4(5)6;/h3,5-9H,2,4H2,1H3,(H,20,21,23);1H,2H3;1-6H,(H2,15,17);3-6H,1-2H3;1-5H;2-3H2,1H3;1H4. The van der Waals surface area contributed by atoms with Gasteiger partial charge >= 0.3 is 0 Å². The summed E-state index contributed by atoms with van der Waals surface area (Å²) in [6.45, 7) is 5.54. The molecule has 0 saturated heterocycles. The summed E-state index contributed by atoms with van der Waals surface area (Å²) in [6, 6.07) is 22.1. The SMILES string of the molecule is C.C#CC#CC#CC#CC#CC#CC.CCCC(=O)Cl.CCCC(=O)Nc1nn2cccnc2c1-c1ccc(Cl)c(F)c1.CN(C)c1ccncc1.Nc1nn2cccnc2c1-c1ccc(Cl)c(F)c1.c1ccncc1. The number of hydrogen-bond donors (Lipinski definition) is 2. The van der Waals surface area contributed by atoms with E-state index in [4.69, 9.17) is 47.0 Å². The number of terminal acetylenes is 1. The van der Waals surface area contributed by atoms with Crippen molar-refractivity contribution in [3.63, 3.8) is 0 Å². The number of fused-ring (bicyclic) bond motifs is 2. The minimum Gasteiger partial charge on any atom is -0.382 e. The molecule has 0 aliphatic heterocycles. The number of nitrogen functional groups attached to an aromatic ring is 1. The maximum absolute atomic E-state index is 13.8. The molecule has 18 heteroatoms. The van der Waals surface area contributed by atoms with Crippen molar-refractivity contribution in [2.75, 3.05) is 30.0 Å². The predicted molar refractivity (Wildman–Crippen MR) is 303 cm³/mol. The molecule has 1 amide bonds. The van der Waals surface area contributed by atoms with Crippen molar-refractivity contribution in [3.8, 4) is 93.8 Å². The fourth-order valence-electron chi connectivity index (χ4n) is 5.61. The van der Waals surface area contributed by atoms with Gasteiger partial charge < -0.3 is 16.0 Å². The molecular weight excluding hydrogens is 1030 g/mol. The van der Waals surface area contributed by atoms with E-state index < -0.39 is 11.6 Å².